The molecule has 0 aliphatic heterocycles. The first kappa shape index (κ1) is 14.4. The number of halogens is 1. The Morgan fingerprint density at radius 1 is 1.45 bits per heavy atom. The molecule has 2 rings (SSSR count). The summed E-state index contributed by atoms with van der Waals surface area (Å²) in [4.78, 5) is 15.6. The quantitative estimate of drug-likeness (QED) is 0.887. The lowest BCUT2D eigenvalue weighted by molar-refractivity contribution is -0.138. The minimum absolute atomic E-state index is 0.135. The van der Waals surface area contributed by atoms with Crippen LogP contribution >= 0.6 is 11.6 Å². The molecular formula is C14H16ClN3O2. The molecule has 0 saturated carbocycles. The molecule has 0 spiro atoms. The van der Waals surface area contributed by atoms with E-state index in [2.05, 4.69) is 10.3 Å². The van der Waals surface area contributed by atoms with Crippen LogP contribution in [0.25, 0.3) is 0 Å². The number of rotatable bonds is 5. The van der Waals surface area contributed by atoms with Gasteiger partial charge >= 0.3 is 5.97 Å². The molecule has 0 aliphatic carbocycles. The third-order valence-corrected chi connectivity index (χ3v) is 3.17. The van der Waals surface area contributed by atoms with Crippen molar-refractivity contribution in [2.45, 2.75) is 25.9 Å². The van der Waals surface area contributed by atoms with Crippen molar-refractivity contribution < 1.29 is 9.90 Å². The number of carbonyl (C=O) groups is 1. The topological polar surface area (TPSA) is 67.2 Å². The van der Waals surface area contributed by atoms with E-state index in [-0.39, 0.29) is 6.04 Å². The molecule has 0 radical (unpaired) electrons. The summed E-state index contributed by atoms with van der Waals surface area (Å²) in [5.74, 6) is -0.965. The van der Waals surface area contributed by atoms with E-state index in [1.165, 1.54) is 0 Å². The second-order valence-corrected chi connectivity index (χ2v) is 5.18. The van der Waals surface area contributed by atoms with Gasteiger partial charge in [-0.1, -0.05) is 17.7 Å². The number of aliphatic carboxylic acids is 1. The molecule has 2 aromatic rings. The fraction of sp³-hybridized carbons (Fsp3) is 0.286. The van der Waals surface area contributed by atoms with E-state index >= 15 is 0 Å². The molecular weight excluding hydrogens is 278 g/mol. The highest BCUT2D eigenvalue weighted by Crippen LogP contribution is 2.24. The van der Waals surface area contributed by atoms with E-state index in [0.717, 1.165) is 0 Å². The van der Waals surface area contributed by atoms with Gasteiger partial charge in [0.05, 0.1) is 18.2 Å². The monoisotopic (exact) mass is 293 g/mol. The van der Waals surface area contributed by atoms with E-state index in [9.17, 15) is 9.90 Å². The predicted molar refractivity (Wildman–Crippen MR) is 78.1 cm³/mol. The van der Waals surface area contributed by atoms with Crippen LogP contribution in [-0.2, 0) is 4.79 Å². The third kappa shape index (κ3) is 3.11. The summed E-state index contributed by atoms with van der Waals surface area (Å²) in [7, 11) is 0. The lowest BCUT2D eigenvalue weighted by atomic mass is 10.2. The smallest absolute Gasteiger partial charge is 0.332 e. The van der Waals surface area contributed by atoms with Crippen molar-refractivity contribution in [2.24, 2.45) is 0 Å². The molecule has 6 heteroatoms. The average molecular weight is 294 g/mol. The zero-order chi connectivity index (χ0) is 14.7. The molecule has 1 atom stereocenters. The molecule has 5 nitrogen and oxygen atoms in total. The molecule has 0 aliphatic rings. The van der Waals surface area contributed by atoms with Crippen molar-refractivity contribution >= 4 is 23.3 Å². The van der Waals surface area contributed by atoms with Gasteiger partial charge < -0.3 is 15.0 Å². The molecule has 1 aromatic heterocycles. The van der Waals surface area contributed by atoms with Gasteiger partial charge in [-0.05, 0) is 32.0 Å². The number of aromatic nitrogens is 2. The number of nitrogens with one attached hydrogen (secondary N) is 1. The number of imidazole rings is 1. The maximum Gasteiger partial charge on any atom is 0.332 e. The summed E-state index contributed by atoms with van der Waals surface area (Å²) in [6.07, 6.45) is 3.20. The summed E-state index contributed by atoms with van der Waals surface area (Å²) >= 11 is 5.91. The van der Waals surface area contributed by atoms with Crippen LogP contribution in [-0.4, -0.2) is 20.6 Å². The van der Waals surface area contributed by atoms with Crippen LogP contribution in [0.2, 0.25) is 5.02 Å². The molecule has 20 heavy (non-hydrogen) atoms. The number of hydrogen-bond acceptors (Lipinski definition) is 3. The lowest BCUT2D eigenvalue weighted by Crippen LogP contribution is -2.24. The molecule has 1 aromatic carbocycles. The van der Waals surface area contributed by atoms with Crippen LogP contribution < -0.4 is 5.32 Å². The van der Waals surface area contributed by atoms with Crippen molar-refractivity contribution in [1.82, 2.24) is 9.55 Å². The van der Waals surface area contributed by atoms with Crippen LogP contribution in [0, 0.1) is 0 Å². The van der Waals surface area contributed by atoms with Crippen LogP contribution in [0.5, 0.6) is 0 Å². The van der Waals surface area contributed by atoms with Crippen LogP contribution in [0.4, 0.5) is 5.69 Å². The fourth-order valence-corrected chi connectivity index (χ4v) is 2.17. The third-order valence-electron chi connectivity index (χ3n) is 2.93. The molecule has 1 heterocycles. The second kappa shape index (κ2) is 5.96. The number of benzene rings is 1. The van der Waals surface area contributed by atoms with Crippen LogP contribution in [0.15, 0.2) is 36.8 Å². The Morgan fingerprint density at radius 3 is 2.80 bits per heavy atom. The lowest BCUT2D eigenvalue weighted by Gasteiger charge is -2.19. The summed E-state index contributed by atoms with van der Waals surface area (Å²) in [6.45, 7) is 3.95. The SMILES string of the molecule is CC(C)n1cncc1C(Nc1cccc(Cl)c1)C(=O)O. The zero-order valence-corrected chi connectivity index (χ0v) is 12.0. The van der Waals surface area contributed by atoms with Gasteiger partial charge in [0.25, 0.3) is 0 Å². The van der Waals surface area contributed by atoms with Crippen LogP contribution in [0.1, 0.15) is 31.6 Å². The van der Waals surface area contributed by atoms with Gasteiger partial charge in [0, 0.05) is 16.8 Å². The van der Waals surface area contributed by atoms with Gasteiger partial charge in [-0.15, -0.1) is 0 Å². The largest absolute Gasteiger partial charge is 0.479 e. The van der Waals surface area contributed by atoms with Gasteiger partial charge in [0.1, 0.15) is 0 Å². The summed E-state index contributed by atoms with van der Waals surface area (Å²) in [5, 5.41) is 13.0. The molecule has 0 amide bonds. The van der Waals surface area contributed by atoms with E-state index < -0.39 is 12.0 Å². The Bertz CT molecular complexity index is 610. The number of carboxylic acids is 1. The van der Waals surface area contributed by atoms with Gasteiger partial charge in [-0.25, -0.2) is 9.78 Å². The highest BCUT2D eigenvalue weighted by atomic mass is 35.5. The normalized spacial score (nSPS) is 12.4. The average Bonchev–Trinajstić information content (AvgIpc) is 2.84. The standard InChI is InChI=1S/C14H16ClN3O2/c1-9(2)18-8-16-7-12(18)13(14(19)20)17-11-5-3-4-10(15)6-11/h3-9,13,17H,1-2H3,(H,19,20). The van der Waals surface area contributed by atoms with E-state index in [1.54, 1.807) is 36.8 Å². The second-order valence-electron chi connectivity index (χ2n) is 4.75. The first-order valence-corrected chi connectivity index (χ1v) is 6.63. The Balaban J connectivity index is 2.32. The first-order valence-electron chi connectivity index (χ1n) is 6.25. The summed E-state index contributed by atoms with van der Waals surface area (Å²) < 4.78 is 1.83. The molecule has 106 valence electrons. The first-order chi connectivity index (χ1) is 9.49. The highest BCUT2D eigenvalue weighted by Gasteiger charge is 2.24. The molecule has 0 fully saturated rings. The number of nitrogens with zero attached hydrogens (tertiary/aromatic N) is 2. The Kier molecular flexibility index (Phi) is 4.29. The van der Waals surface area contributed by atoms with Gasteiger partial charge in [-0.2, -0.15) is 0 Å². The Hall–Kier alpha value is -2.01. The minimum Gasteiger partial charge on any atom is -0.479 e. The van der Waals surface area contributed by atoms with Crippen LogP contribution in [0.3, 0.4) is 0 Å². The Morgan fingerprint density at radius 2 is 2.20 bits per heavy atom. The number of hydrogen-bond donors (Lipinski definition) is 2. The zero-order valence-electron chi connectivity index (χ0n) is 11.2. The summed E-state index contributed by atoms with van der Waals surface area (Å²) in [6, 6.07) is 6.23. The fourth-order valence-electron chi connectivity index (χ4n) is 1.98. The van der Waals surface area contributed by atoms with E-state index in [0.29, 0.717) is 16.4 Å². The van der Waals surface area contributed by atoms with Crippen molar-refractivity contribution in [1.29, 1.82) is 0 Å². The van der Waals surface area contributed by atoms with Gasteiger partial charge in [-0.3, -0.25) is 0 Å². The van der Waals surface area contributed by atoms with Crippen molar-refractivity contribution in [3.63, 3.8) is 0 Å². The number of anilines is 1. The highest BCUT2D eigenvalue weighted by molar-refractivity contribution is 6.30. The van der Waals surface area contributed by atoms with Crippen molar-refractivity contribution in [3.05, 3.63) is 47.5 Å². The molecule has 1 unspecified atom stereocenters. The van der Waals surface area contributed by atoms with Gasteiger partial charge in [0.15, 0.2) is 6.04 Å². The van der Waals surface area contributed by atoms with E-state index in [1.807, 2.05) is 18.4 Å². The molecule has 2 N–H and O–H groups in total. The van der Waals surface area contributed by atoms with Crippen molar-refractivity contribution in [3.8, 4) is 0 Å². The minimum atomic E-state index is -0.965. The van der Waals surface area contributed by atoms with Crippen molar-refractivity contribution in [2.75, 3.05) is 5.32 Å². The molecule has 0 saturated heterocycles. The van der Waals surface area contributed by atoms with E-state index in [4.69, 9.17) is 11.6 Å². The predicted octanol–water partition coefficient (Wildman–Crippen LogP) is 3.36. The maximum atomic E-state index is 11.5. The maximum absolute atomic E-state index is 11.5. The number of carboxylic acid groups (broad SMARTS) is 1. The van der Waals surface area contributed by atoms with Gasteiger partial charge in [0.2, 0.25) is 0 Å². The Labute approximate surface area is 122 Å². The molecule has 0 bridgehead atoms. The summed E-state index contributed by atoms with van der Waals surface area (Å²) in [5.41, 5.74) is 1.26.